The Bertz CT molecular complexity index is 550. The molecule has 2 saturated carbocycles. The van der Waals surface area contributed by atoms with Gasteiger partial charge in [-0.25, -0.2) is 9.59 Å². The smallest absolute Gasteiger partial charge is 0.325 e. The van der Waals surface area contributed by atoms with Gasteiger partial charge in [0.05, 0.1) is 0 Å². The molecule has 0 radical (unpaired) electrons. The molecule has 24 heavy (non-hydrogen) atoms. The van der Waals surface area contributed by atoms with Crippen LogP contribution in [0.5, 0.6) is 0 Å². The zero-order valence-electron chi connectivity index (χ0n) is 13.7. The van der Waals surface area contributed by atoms with Crippen molar-refractivity contribution >= 4 is 23.9 Å². The molecule has 1 heterocycles. The fourth-order valence-corrected chi connectivity index (χ4v) is 3.92. The van der Waals surface area contributed by atoms with Gasteiger partial charge in [-0.05, 0) is 25.7 Å². The van der Waals surface area contributed by atoms with E-state index in [0.29, 0.717) is 12.8 Å². The lowest BCUT2D eigenvalue weighted by Gasteiger charge is -2.23. The summed E-state index contributed by atoms with van der Waals surface area (Å²) >= 11 is 0. The van der Waals surface area contributed by atoms with Gasteiger partial charge in [0.25, 0.3) is 5.91 Å². The van der Waals surface area contributed by atoms with Crippen molar-refractivity contribution in [3.8, 4) is 0 Å². The standard InChI is InChI=1S/C16H24N4O4/c21-12(18-14(23)17-11-6-2-1-3-7-11)10-20-13(22)16(19-15(20)24)8-4-5-9-16/h11H,1-10H2,(H,19,24)(H2,17,18,21,23). The number of urea groups is 2. The van der Waals surface area contributed by atoms with Gasteiger partial charge in [0.1, 0.15) is 12.1 Å². The Morgan fingerprint density at radius 1 is 1.08 bits per heavy atom. The minimum absolute atomic E-state index is 0.0880. The highest BCUT2D eigenvalue weighted by atomic mass is 16.2. The van der Waals surface area contributed by atoms with Crippen LogP contribution in [0.2, 0.25) is 0 Å². The highest BCUT2D eigenvalue weighted by molar-refractivity contribution is 6.10. The summed E-state index contributed by atoms with van der Waals surface area (Å²) in [5.41, 5.74) is -0.832. The molecule has 2 aliphatic carbocycles. The lowest BCUT2D eigenvalue weighted by atomic mass is 9.96. The van der Waals surface area contributed by atoms with Gasteiger partial charge in [0.2, 0.25) is 5.91 Å². The Morgan fingerprint density at radius 2 is 1.75 bits per heavy atom. The molecule has 1 saturated heterocycles. The van der Waals surface area contributed by atoms with Gasteiger partial charge in [-0.3, -0.25) is 19.8 Å². The molecule has 3 N–H and O–H groups in total. The third kappa shape index (κ3) is 3.37. The first-order valence-corrected chi connectivity index (χ1v) is 8.75. The summed E-state index contributed by atoms with van der Waals surface area (Å²) in [5, 5.41) is 7.69. The largest absolute Gasteiger partial charge is 0.335 e. The fraction of sp³-hybridized carbons (Fsp3) is 0.750. The van der Waals surface area contributed by atoms with E-state index in [0.717, 1.165) is 43.4 Å². The molecule has 3 fully saturated rings. The van der Waals surface area contributed by atoms with Crippen molar-refractivity contribution in [2.24, 2.45) is 0 Å². The van der Waals surface area contributed by atoms with Crippen molar-refractivity contribution in [1.29, 1.82) is 0 Å². The molecule has 1 spiro atoms. The second-order valence-corrected chi connectivity index (χ2v) is 6.97. The van der Waals surface area contributed by atoms with Gasteiger partial charge < -0.3 is 10.6 Å². The van der Waals surface area contributed by atoms with E-state index < -0.39 is 30.1 Å². The number of nitrogens with zero attached hydrogens (tertiary/aromatic N) is 1. The molecular formula is C16H24N4O4. The first kappa shape index (κ1) is 16.7. The van der Waals surface area contributed by atoms with Crippen LogP contribution in [-0.2, 0) is 9.59 Å². The summed E-state index contributed by atoms with van der Waals surface area (Å²) in [4.78, 5) is 49.2. The van der Waals surface area contributed by atoms with Crippen molar-refractivity contribution in [1.82, 2.24) is 20.9 Å². The van der Waals surface area contributed by atoms with E-state index in [4.69, 9.17) is 0 Å². The molecule has 0 atom stereocenters. The lowest BCUT2D eigenvalue weighted by molar-refractivity contribution is -0.134. The molecule has 6 amide bonds. The lowest BCUT2D eigenvalue weighted by Crippen LogP contribution is -2.49. The maximum Gasteiger partial charge on any atom is 0.325 e. The number of hydrogen-bond donors (Lipinski definition) is 3. The minimum atomic E-state index is -0.832. The van der Waals surface area contributed by atoms with E-state index in [1.165, 1.54) is 6.42 Å². The van der Waals surface area contributed by atoms with Crippen molar-refractivity contribution in [3.05, 3.63) is 0 Å². The number of imide groups is 2. The quantitative estimate of drug-likeness (QED) is 0.668. The third-order valence-electron chi connectivity index (χ3n) is 5.20. The number of carbonyl (C=O) groups is 4. The van der Waals surface area contributed by atoms with Gasteiger partial charge in [0, 0.05) is 6.04 Å². The predicted molar refractivity (Wildman–Crippen MR) is 85.0 cm³/mol. The Balaban J connectivity index is 1.50. The predicted octanol–water partition coefficient (Wildman–Crippen LogP) is 1.01. The Hall–Kier alpha value is -2.12. The number of rotatable bonds is 3. The minimum Gasteiger partial charge on any atom is -0.335 e. The summed E-state index contributed by atoms with van der Waals surface area (Å²) in [5.74, 6) is -1.00. The molecule has 0 bridgehead atoms. The number of carbonyl (C=O) groups excluding carboxylic acids is 4. The topological polar surface area (TPSA) is 108 Å². The van der Waals surface area contributed by atoms with Crippen LogP contribution in [0.25, 0.3) is 0 Å². The third-order valence-corrected chi connectivity index (χ3v) is 5.20. The normalized spacial score (nSPS) is 23.4. The molecule has 0 aromatic heterocycles. The monoisotopic (exact) mass is 336 g/mol. The molecule has 8 heteroatoms. The van der Waals surface area contributed by atoms with Crippen LogP contribution in [0, 0.1) is 0 Å². The molecule has 1 aliphatic heterocycles. The second kappa shape index (κ2) is 6.78. The van der Waals surface area contributed by atoms with E-state index in [9.17, 15) is 19.2 Å². The van der Waals surface area contributed by atoms with Gasteiger partial charge in [-0.2, -0.15) is 0 Å². The zero-order valence-corrected chi connectivity index (χ0v) is 13.7. The molecule has 8 nitrogen and oxygen atoms in total. The van der Waals surface area contributed by atoms with E-state index in [1.54, 1.807) is 0 Å². The highest BCUT2D eigenvalue weighted by Gasteiger charge is 2.52. The number of amides is 6. The molecule has 0 aromatic carbocycles. The molecule has 0 aromatic rings. The van der Waals surface area contributed by atoms with E-state index in [1.807, 2.05) is 0 Å². The summed E-state index contributed by atoms with van der Waals surface area (Å²) < 4.78 is 0. The molecule has 3 rings (SSSR count). The Labute approximate surface area is 140 Å². The van der Waals surface area contributed by atoms with Crippen LogP contribution in [0.3, 0.4) is 0 Å². The molecule has 3 aliphatic rings. The first-order valence-electron chi connectivity index (χ1n) is 8.75. The average molecular weight is 336 g/mol. The van der Waals surface area contributed by atoms with Crippen molar-refractivity contribution in [2.75, 3.05) is 6.54 Å². The van der Waals surface area contributed by atoms with Crippen LogP contribution in [0.15, 0.2) is 0 Å². The Kier molecular flexibility index (Phi) is 4.73. The average Bonchev–Trinajstić information content (AvgIpc) is 3.09. The second-order valence-electron chi connectivity index (χ2n) is 6.97. The molecule has 132 valence electrons. The van der Waals surface area contributed by atoms with Gasteiger partial charge >= 0.3 is 12.1 Å². The van der Waals surface area contributed by atoms with Crippen LogP contribution >= 0.6 is 0 Å². The Morgan fingerprint density at radius 3 is 2.42 bits per heavy atom. The highest BCUT2D eigenvalue weighted by Crippen LogP contribution is 2.34. The number of nitrogens with one attached hydrogen (secondary N) is 3. The van der Waals surface area contributed by atoms with Crippen molar-refractivity contribution < 1.29 is 19.2 Å². The fourth-order valence-electron chi connectivity index (χ4n) is 3.92. The SMILES string of the molecule is O=C(CN1C(=O)NC2(CCCC2)C1=O)NC(=O)NC1CCCCC1. The van der Waals surface area contributed by atoms with Crippen LogP contribution < -0.4 is 16.0 Å². The molecule has 0 unspecified atom stereocenters. The van der Waals surface area contributed by atoms with Crippen LogP contribution in [0.4, 0.5) is 9.59 Å². The zero-order chi connectivity index (χ0) is 17.2. The van der Waals surface area contributed by atoms with Crippen LogP contribution in [0.1, 0.15) is 57.8 Å². The summed E-state index contributed by atoms with van der Waals surface area (Å²) in [7, 11) is 0. The first-order chi connectivity index (χ1) is 11.5. The summed E-state index contributed by atoms with van der Waals surface area (Å²) in [6.07, 6.45) is 8.13. The summed E-state index contributed by atoms with van der Waals surface area (Å²) in [6, 6.07) is -1.02. The number of hydrogen-bond acceptors (Lipinski definition) is 4. The van der Waals surface area contributed by atoms with Crippen molar-refractivity contribution in [3.63, 3.8) is 0 Å². The van der Waals surface area contributed by atoms with E-state index in [2.05, 4.69) is 16.0 Å². The van der Waals surface area contributed by atoms with Gasteiger partial charge in [0.15, 0.2) is 0 Å². The van der Waals surface area contributed by atoms with E-state index in [-0.39, 0.29) is 11.9 Å². The van der Waals surface area contributed by atoms with Crippen LogP contribution in [-0.4, -0.2) is 46.9 Å². The maximum absolute atomic E-state index is 12.4. The van der Waals surface area contributed by atoms with Gasteiger partial charge in [-0.1, -0.05) is 32.1 Å². The molecular weight excluding hydrogens is 312 g/mol. The maximum atomic E-state index is 12.4. The van der Waals surface area contributed by atoms with Crippen molar-refractivity contribution in [2.45, 2.75) is 69.4 Å². The van der Waals surface area contributed by atoms with E-state index >= 15 is 0 Å². The van der Waals surface area contributed by atoms with Gasteiger partial charge in [-0.15, -0.1) is 0 Å². The summed E-state index contributed by atoms with van der Waals surface area (Å²) in [6.45, 7) is -0.426.